The molecular formula is C67H114N4O19. The zero-order chi connectivity index (χ0) is 66.4. The van der Waals surface area contributed by atoms with Crippen molar-refractivity contribution in [2.75, 3.05) is 127 Å². The van der Waals surface area contributed by atoms with Crippen molar-refractivity contribution < 1.29 is 90.5 Å². The fourth-order valence-corrected chi connectivity index (χ4v) is 8.53. The molecule has 1 unspecified atom stereocenters. The second kappa shape index (κ2) is 60.4. The minimum Gasteiger partial charge on any atom is -0.465 e. The first kappa shape index (κ1) is 83.8. The first-order chi connectivity index (χ1) is 43.5. The Kier molecular flexibility index (Phi) is 56.3. The summed E-state index contributed by atoms with van der Waals surface area (Å²) in [6.45, 7) is 10.7. The van der Waals surface area contributed by atoms with Gasteiger partial charge in [0.2, 0.25) is 0 Å². The quantitative estimate of drug-likeness (QED) is 0.0236. The molecule has 0 aliphatic rings. The molecule has 1 aromatic carbocycles. The monoisotopic (exact) mass is 1280 g/mol. The van der Waals surface area contributed by atoms with Gasteiger partial charge in [-0.2, -0.15) is 0 Å². The molecule has 23 nitrogen and oxygen atoms in total. The minimum absolute atomic E-state index is 0.0752. The first-order valence-electron chi connectivity index (χ1n) is 32.9. The number of amides is 3. The van der Waals surface area contributed by atoms with Gasteiger partial charge < -0.3 is 72.9 Å². The summed E-state index contributed by atoms with van der Waals surface area (Å²) in [5.74, 6) is -0.818. The molecule has 0 bridgehead atoms. The SMILES string of the molecule is CCC(COC)(COC(=O)/C=C/c1ccccc1)COC(=O)CCCCCCCNC(=O)OCCN(C)CCOC(=O)NCCCCCCCC(C)=O.COCCCCCC(=O)OCCOCCOC(=O)CCCCCOC(=O)NCCCCCCCC(C)=O. The summed E-state index contributed by atoms with van der Waals surface area (Å²) in [4.78, 5) is 107. The second-order valence-electron chi connectivity index (χ2n) is 22.4. The molecule has 0 radical (unpaired) electrons. The standard InChI is InChI=1S/C40H65N3O10.C27H49NO9/c1-5-40(31-49-4,33-53-37(46)24-23-35-20-14-12-15-21-35)32-52-36(45)22-16-9-7-11-18-26-42-39(48)51-30-28-43(3)27-29-50-38(47)41-25-17-10-6-8-13-19-34(2)44;1-24(29)14-8-4-3-5-11-17-28-27(32)37-19-13-7-10-16-26(31)36-23-21-34-20-22-35-25(30)15-9-6-12-18-33-2/h12,14-15,20-21,23-24H,5-11,13,16-19,22,25-33H2,1-4H3,(H,41,47)(H,42,48);3-23H2,1-2H3,(H,28,32)/b24-23+;. The van der Waals surface area contributed by atoms with E-state index in [1.165, 1.54) is 6.08 Å². The highest BCUT2D eigenvalue weighted by molar-refractivity contribution is 5.87. The van der Waals surface area contributed by atoms with Crippen LogP contribution in [-0.2, 0) is 76.1 Å². The van der Waals surface area contributed by atoms with Gasteiger partial charge in [-0.1, -0.05) is 101 Å². The number of benzene rings is 1. The molecule has 1 rings (SSSR count). The minimum atomic E-state index is -0.626. The lowest BCUT2D eigenvalue weighted by Gasteiger charge is -2.30. The number of ketones is 2. The lowest BCUT2D eigenvalue weighted by Crippen LogP contribution is -2.38. The molecule has 3 amide bonds. The van der Waals surface area contributed by atoms with Crippen LogP contribution in [0.4, 0.5) is 14.4 Å². The van der Waals surface area contributed by atoms with Crippen molar-refractivity contribution in [2.45, 2.75) is 194 Å². The van der Waals surface area contributed by atoms with Crippen LogP contribution < -0.4 is 16.0 Å². The van der Waals surface area contributed by atoms with Gasteiger partial charge in [-0.15, -0.1) is 0 Å². The average molecular weight is 1280 g/mol. The van der Waals surface area contributed by atoms with E-state index in [1.54, 1.807) is 34.1 Å². The summed E-state index contributed by atoms with van der Waals surface area (Å²) in [6.07, 6.45) is 23.5. The van der Waals surface area contributed by atoms with Gasteiger partial charge >= 0.3 is 42.2 Å². The molecule has 1 atom stereocenters. The number of nitrogens with one attached hydrogen (secondary N) is 3. The first-order valence-corrected chi connectivity index (χ1v) is 32.9. The van der Waals surface area contributed by atoms with Crippen molar-refractivity contribution in [1.82, 2.24) is 20.9 Å². The van der Waals surface area contributed by atoms with Crippen LogP contribution in [0, 0.1) is 5.41 Å². The number of unbranched alkanes of at least 4 members (excludes halogenated alkanes) is 16. The number of esters is 4. The van der Waals surface area contributed by atoms with Crippen LogP contribution in [0.15, 0.2) is 36.4 Å². The van der Waals surface area contributed by atoms with E-state index in [9.17, 15) is 43.2 Å². The average Bonchev–Trinajstić information content (AvgIpc) is 2.89. The number of carbonyl (C=O) groups is 9. The Balaban J connectivity index is 0.00000188. The van der Waals surface area contributed by atoms with Crippen LogP contribution in [0.3, 0.4) is 0 Å². The Hall–Kier alpha value is -6.17. The van der Waals surface area contributed by atoms with Crippen molar-refractivity contribution >= 4 is 59.8 Å². The smallest absolute Gasteiger partial charge is 0.407 e. The number of ether oxygens (including phenoxy) is 10. The lowest BCUT2D eigenvalue weighted by atomic mass is 9.88. The number of methoxy groups -OCH3 is 2. The number of likely N-dealkylation sites (N-methyl/N-ethyl adjacent to an activating group) is 1. The van der Waals surface area contributed by atoms with Crippen molar-refractivity contribution in [3.63, 3.8) is 0 Å². The molecule has 0 spiro atoms. The van der Waals surface area contributed by atoms with E-state index >= 15 is 0 Å². The predicted molar refractivity (Wildman–Crippen MR) is 344 cm³/mol. The van der Waals surface area contributed by atoms with E-state index in [4.69, 9.17) is 47.4 Å². The molecule has 0 aromatic heterocycles. The second-order valence-corrected chi connectivity index (χ2v) is 22.4. The maximum Gasteiger partial charge on any atom is 0.407 e. The fourth-order valence-electron chi connectivity index (χ4n) is 8.53. The van der Waals surface area contributed by atoms with Crippen molar-refractivity contribution in [3.8, 4) is 0 Å². The van der Waals surface area contributed by atoms with Gasteiger partial charge in [0, 0.05) is 91.7 Å². The molecule has 0 saturated heterocycles. The normalized spacial score (nSPS) is 11.6. The van der Waals surface area contributed by atoms with Crippen molar-refractivity contribution in [3.05, 3.63) is 42.0 Å². The Morgan fingerprint density at radius 1 is 0.422 bits per heavy atom. The number of hydrogen-bond acceptors (Lipinski definition) is 20. The molecule has 516 valence electrons. The predicted octanol–water partition coefficient (Wildman–Crippen LogP) is 11.0. The summed E-state index contributed by atoms with van der Waals surface area (Å²) in [7, 11) is 5.09. The molecule has 0 fully saturated rings. The molecule has 0 aliphatic carbocycles. The van der Waals surface area contributed by atoms with Crippen LogP contribution in [0.25, 0.3) is 6.08 Å². The highest BCUT2D eigenvalue weighted by atomic mass is 16.6. The fraction of sp³-hybridized carbons (Fsp3) is 0.746. The Morgan fingerprint density at radius 2 is 0.822 bits per heavy atom. The third kappa shape index (κ3) is 57.0. The van der Waals surface area contributed by atoms with E-state index in [0.29, 0.717) is 104 Å². The van der Waals surface area contributed by atoms with Gasteiger partial charge in [-0.3, -0.25) is 19.3 Å². The summed E-state index contributed by atoms with van der Waals surface area (Å²) in [5, 5.41) is 8.23. The molecule has 0 aliphatic heterocycles. The molecule has 0 saturated carbocycles. The van der Waals surface area contributed by atoms with E-state index in [-0.39, 0.29) is 88.9 Å². The number of alkyl carbamates (subject to hydrolysis) is 3. The maximum absolute atomic E-state index is 12.4. The van der Waals surface area contributed by atoms with Gasteiger partial charge in [0.15, 0.2) is 0 Å². The molecule has 23 heteroatoms. The van der Waals surface area contributed by atoms with Gasteiger partial charge in [0.05, 0.1) is 31.8 Å². The molecule has 90 heavy (non-hydrogen) atoms. The number of nitrogens with zero attached hydrogens (tertiary/aromatic N) is 1. The number of Topliss-reactive ketones (excluding diaryl/α,β-unsaturated/α-hetero) is 2. The summed E-state index contributed by atoms with van der Waals surface area (Å²) in [6, 6.07) is 9.47. The Labute approximate surface area is 537 Å². The summed E-state index contributed by atoms with van der Waals surface area (Å²) < 4.78 is 52.4. The van der Waals surface area contributed by atoms with Crippen LogP contribution in [0.2, 0.25) is 0 Å². The van der Waals surface area contributed by atoms with E-state index in [1.807, 2.05) is 49.2 Å². The zero-order valence-electron chi connectivity index (χ0n) is 55.7. The number of hydrogen-bond donors (Lipinski definition) is 3. The van der Waals surface area contributed by atoms with E-state index in [2.05, 4.69) is 16.0 Å². The molecule has 3 N–H and O–H groups in total. The maximum atomic E-state index is 12.4. The Bertz CT molecular complexity index is 2060. The van der Waals surface area contributed by atoms with Crippen LogP contribution >= 0.6 is 0 Å². The Morgan fingerprint density at radius 3 is 1.27 bits per heavy atom. The summed E-state index contributed by atoms with van der Waals surface area (Å²) in [5.41, 5.74) is 0.269. The lowest BCUT2D eigenvalue weighted by molar-refractivity contribution is -0.155. The number of carbonyl (C=O) groups excluding carboxylic acids is 9. The van der Waals surface area contributed by atoms with Gasteiger partial charge in [0.25, 0.3) is 0 Å². The highest BCUT2D eigenvalue weighted by Crippen LogP contribution is 2.25. The van der Waals surface area contributed by atoms with Gasteiger partial charge in [0.1, 0.15) is 51.2 Å². The van der Waals surface area contributed by atoms with Crippen molar-refractivity contribution in [2.24, 2.45) is 5.41 Å². The van der Waals surface area contributed by atoms with Crippen molar-refractivity contribution in [1.29, 1.82) is 0 Å². The van der Waals surface area contributed by atoms with Crippen LogP contribution in [0.5, 0.6) is 0 Å². The third-order valence-electron chi connectivity index (χ3n) is 14.1. The third-order valence-corrected chi connectivity index (χ3v) is 14.1. The van der Waals surface area contributed by atoms with Crippen LogP contribution in [-0.4, -0.2) is 185 Å². The molecule has 1 aromatic rings. The van der Waals surface area contributed by atoms with Gasteiger partial charge in [-0.25, -0.2) is 19.2 Å². The molecular weight excluding hydrogens is 1160 g/mol. The molecule has 0 heterocycles. The van der Waals surface area contributed by atoms with Gasteiger partial charge in [-0.05, 0) is 110 Å². The summed E-state index contributed by atoms with van der Waals surface area (Å²) >= 11 is 0. The highest BCUT2D eigenvalue weighted by Gasteiger charge is 2.32. The van der Waals surface area contributed by atoms with Crippen LogP contribution in [0.1, 0.15) is 200 Å². The zero-order valence-corrected chi connectivity index (χ0v) is 55.7. The largest absolute Gasteiger partial charge is 0.465 e. The van der Waals surface area contributed by atoms with E-state index in [0.717, 1.165) is 121 Å². The number of rotatable bonds is 57. The topological polar surface area (TPSA) is 285 Å². The van der Waals surface area contributed by atoms with E-state index < -0.39 is 29.7 Å².